The third-order valence-corrected chi connectivity index (χ3v) is 4.71. The molecule has 9 heteroatoms. The second-order valence-corrected chi connectivity index (χ2v) is 5.65. The fraction of sp³-hybridized carbons (Fsp3) is 0.375. The Morgan fingerprint density at radius 3 is 2.71 bits per heavy atom. The van der Waals surface area contributed by atoms with Crippen LogP contribution in [0.3, 0.4) is 0 Å². The third kappa shape index (κ3) is 2.82. The molecule has 2 aliphatic heterocycles. The molecule has 1 fully saturated rings. The number of carboxylic acids is 1. The summed E-state index contributed by atoms with van der Waals surface area (Å²) in [5, 5.41) is 10.7. The molecule has 0 spiro atoms. The van der Waals surface area contributed by atoms with E-state index in [1.165, 1.54) is 16.7 Å². The summed E-state index contributed by atoms with van der Waals surface area (Å²) < 4.78 is 0.426. The van der Waals surface area contributed by atoms with Crippen molar-refractivity contribution in [3.63, 3.8) is 0 Å². The van der Waals surface area contributed by atoms with Crippen molar-refractivity contribution in [1.29, 1.82) is 0 Å². The first-order chi connectivity index (χ1) is 7.50. The molecule has 2 N–H and O–H groups in total. The minimum atomic E-state index is -1.39. The zero-order valence-corrected chi connectivity index (χ0v) is 12.6. The average Bonchev–Trinajstić information content (AvgIpc) is 2.47. The van der Waals surface area contributed by atoms with Gasteiger partial charge < -0.3 is 15.6 Å². The fourth-order valence-electron chi connectivity index (χ4n) is 1.45. The predicted molar refractivity (Wildman–Crippen MR) is 56.5 cm³/mol. The molecule has 0 aromatic carbocycles. The molecule has 2 amide bonds. The van der Waals surface area contributed by atoms with E-state index in [4.69, 9.17) is 5.73 Å². The Morgan fingerprint density at radius 2 is 2.24 bits per heavy atom. The average molecular weight is 282 g/mol. The topological polar surface area (TPSA) is 104 Å². The molecular formula is C8H7N2NaO4S2. The largest absolute Gasteiger partial charge is 1.00 e. The van der Waals surface area contributed by atoms with Crippen LogP contribution in [0.15, 0.2) is 9.93 Å². The molecule has 86 valence electrons. The van der Waals surface area contributed by atoms with Crippen LogP contribution in [0.4, 0.5) is 0 Å². The molecule has 0 radical (unpaired) electrons. The van der Waals surface area contributed by atoms with Gasteiger partial charge in [0, 0.05) is 0 Å². The van der Waals surface area contributed by atoms with Crippen molar-refractivity contribution >= 4 is 41.3 Å². The number of hydrogen-bond acceptors (Lipinski definition) is 6. The van der Waals surface area contributed by atoms with Crippen LogP contribution >= 0.6 is 23.5 Å². The molecule has 0 saturated carbocycles. The van der Waals surface area contributed by atoms with Gasteiger partial charge in [-0.25, -0.2) is 0 Å². The van der Waals surface area contributed by atoms with E-state index in [0.29, 0.717) is 10.7 Å². The van der Waals surface area contributed by atoms with Crippen LogP contribution in [0.25, 0.3) is 0 Å². The van der Waals surface area contributed by atoms with E-state index in [-0.39, 0.29) is 52.3 Å². The number of carbonyl (C=O) groups is 3. The number of hydrogen-bond donors (Lipinski definition) is 1. The molecule has 2 aliphatic rings. The van der Waals surface area contributed by atoms with Crippen LogP contribution in [0.2, 0.25) is 0 Å². The first-order valence-electron chi connectivity index (χ1n) is 4.36. The Morgan fingerprint density at radius 1 is 1.59 bits per heavy atom. The molecule has 2 rings (SSSR count). The number of rotatable bonds is 4. The second-order valence-electron chi connectivity index (χ2n) is 3.22. The number of β-lactam (4-membered cyclic amide) rings is 1. The van der Waals surface area contributed by atoms with Gasteiger partial charge in [-0.3, -0.25) is 14.5 Å². The van der Waals surface area contributed by atoms with Crippen LogP contribution < -0.4 is 40.4 Å². The van der Waals surface area contributed by atoms with E-state index in [9.17, 15) is 19.5 Å². The maximum atomic E-state index is 11.2. The summed E-state index contributed by atoms with van der Waals surface area (Å²) in [5.41, 5.74) is 4.84. The Bertz CT molecular complexity index is 426. The van der Waals surface area contributed by atoms with Gasteiger partial charge in [0.25, 0.3) is 0 Å². The van der Waals surface area contributed by atoms with Gasteiger partial charge in [0.15, 0.2) is 0 Å². The van der Waals surface area contributed by atoms with Gasteiger partial charge in [0.05, 0.1) is 33.5 Å². The summed E-state index contributed by atoms with van der Waals surface area (Å²) in [6.45, 7) is 0. The molecule has 0 bridgehead atoms. The van der Waals surface area contributed by atoms with Gasteiger partial charge in [-0.15, -0.1) is 11.8 Å². The minimum Gasteiger partial charge on any atom is -0.543 e. The van der Waals surface area contributed by atoms with Crippen molar-refractivity contribution < 1.29 is 49.0 Å². The molecule has 1 atom stereocenters. The molecular weight excluding hydrogens is 275 g/mol. The summed E-state index contributed by atoms with van der Waals surface area (Å²) in [5.74, 6) is -2.16. The van der Waals surface area contributed by atoms with E-state index in [2.05, 4.69) is 0 Å². The smallest absolute Gasteiger partial charge is 0.543 e. The zero-order chi connectivity index (χ0) is 11.9. The van der Waals surface area contributed by atoms with Crippen molar-refractivity contribution in [2.24, 2.45) is 5.73 Å². The summed E-state index contributed by atoms with van der Waals surface area (Å²) in [6, 6.07) is 0. The molecule has 1 saturated heterocycles. The number of thioether (sulfide) groups is 2. The zero-order valence-electron chi connectivity index (χ0n) is 8.97. The quantitative estimate of drug-likeness (QED) is 0.411. The van der Waals surface area contributed by atoms with Crippen LogP contribution in [0.5, 0.6) is 0 Å². The molecule has 0 aromatic heterocycles. The number of carbonyl (C=O) groups excluding carboxylic acids is 3. The number of fused-ring (bicyclic) bond motifs is 1. The molecule has 0 unspecified atom stereocenters. The Hall–Kier alpha value is -0.150. The number of primary amides is 1. The first kappa shape index (κ1) is 14.9. The molecule has 0 aromatic rings. The van der Waals surface area contributed by atoms with E-state index in [0.717, 1.165) is 11.8 Å². The monoisotopic (exact) mass is 282 g/mol. The summed E-state index contributed by atoms with van der Waals surface area (Å²) >= 11 is 2.29. The Kier molecular flexibility index (Phi) is 4.96. The van der Waals surface area contributed by atoms with Crippen molar-refractivity contribution in [1.82, 2.24) is 4.90 Å². The number of nitrogens with two attached hydrogens (primary N) is 1. The van der Waals surface area contributed by atoms with Gasteiger partial charge in [0.2, 0.25) is 11.8 Å². The molecule has 2 heterocycles. The van der Waals surface area contributed by atoms with E-state index < -0.39 is 11.9 Å². The third-order valence-electron chi connectivity index (χ3n) is 2.12. The van der Waals surface area contributed by atoms with Crippen molar-refractivity contribution in [3.8, 4) is 0 Å². The predicted octanol–water partition coefficient (Wildman–Crippen LogP) is -4.57. The maximum absolute atomic E-state index is 11.2. The number of carboxylic acid groups (broad SMARTS) is 1. The van der Waals surface area contributed by atoms with Crippen LogP contribution in [0, 0.1) is 0 Å². The Balaban J connectivity index is 0.00000144. The summed E-state index contributed by atoms with van der Waals surface area (Å²) in [7, 11) is 0. The van der Waals surface area contributed by atoms with Gasteiger partial charge in [-0.2, -0.15) is 0 Å². The standard InChI is InChI=1S/C8H8N2O4S2.Na/c9-3(11)2-15-8-6(7(13)14)10-4(12)1-5(10)16-8;/h5H,1-2H2,(H2,9,11)(H,13,14);/q;+1/p-1/t5-;/m1./s1. The van der Waals surface area contributed by atoms with Crippen molar-refractivity contribution in [2.75, 3.05) is 5.75 Å². The summed E-state index contributed by atoms with van der Waals surface area (Å²) in [4.78, 5) is 33.9. The Labute approximate surface area is 128 Å². The van der Waals surface area contributed by atoms with Crippen LogP contribution in [-0.2, 0) is 14.4 Å². The maximum Gasteiger partial charge on any atom is 1.00 e. The number of aliphatic carboxylic acids is 1. The normalized spacial score (nSPS) is 21.8. The molecule has 17 heavy (non-hydrogen) atoms. The van der Waals surface area contributed by atoms with Crippen LogP contribution in [-0.4, -0.2) is 33.8 Å². The van der Waals surface area contributed by atoms with E-state index >= 15 is 0 Å². The number of nitrogens with zero attached hydrogens (tertiary/aromatic N) is 1. The van der Waals surface area contributed by atoms with Crippen LogP contribution in [0.1, 0.15) is 6.42 Å². The van der Waals surface area contributed by atoms with E-state index in [1.807, 2.05) is 0 Å². The second kappa shape index (κ2) is 5.66. The number of amides is 2. The van der Waals surface area contributed by atoms with Gasteiger partial charge in [-0.05, 0) is 0 Å². The van der Waals surface area contributed by atoms with Crippen molar-refractivity contribution in [2.45, 2.75) is 11.8 Å². The van der Waals surface area contributed by atoms with Gasteiger partial charge in [0.1, 0.15) is 0 Å². The van der Waals surface area contributed by atoms with Crippen molar-refractivity contribution in [3.05, 3.63) is 9.93 Å². The first-order valence-corrected chi connectivity index (χ1v) is 6.22. The van der Waals surface area contributed by atoms with E-state index in [1.54, 1.807) is 0 Å². The van der Waals surface area contributed by atoms with Gasteiger partial charge >= 0.3 is 29.6 Å². The summed E-state index contributed by atoms with van der Waals surface area (Å²) in [6.07, 6.45) is 0.322. The molecule has 6 nitrogen and oxygen atoms in total. The SMILES string of the molecule is NC(=O)CSC1=C(C(=O)[O-])N2C(=O)C[C@H]2S1.[Na+]. The fourth-order valence-corrected chi connectivity index (χ4v) is 3.92. The van der Waals surface area contributed by atoms with Gasteiger partial charge in [-0.1, -0.05) is 11.8 Å². The molecule has 0 aliphatic carbocycles. The minimum absolute atomic E-state index is 0.